The van der Waals surface area contributed by atoms with E-state index in [1.54, 1.807) is 12.1 Å². The van der Waals surface area contributed by atoms with Crippen molar-refractivity contribution in [3.8, 4) is 5.75 Å². The first-order chi connectivity index (χ1) is 12.5. The summed E-state index contributed by atoms with van der Waals surface area (Å²) in [7, 11) is 1.43. The lowest BCUT2D eigenvalue weighted by molar-refractivity contribution is -0.385. The number of methoxy groups -OCH3 is 1. The second kappa shape index (κ2) is 6.49. The molecule has 0 aromatic heterocycles. The smallest absolute Gasteiger partial charge is 0.311 e. The first-order valence-corrected chi connectivity index (χ1v) is 9.00. The van der Waals surface area contributed by atoms with Gasteiger partial charge in [-0.2, -0.15) is 0 Å². The minimum absolute atomic E-state index is 0.0442. The van der Waals surface area contributed by atoms with Crippen LogP contribution in [0.3, 0.4) is 0 Å². The minimum atomic E-state index is -0.423. The highest BCUT2D eigenvalue weighted by Crippen LogP contribution is 2.53. The van der Waals surface area contributed by atoms with E-state index in [1.165, 1.54) is 7.11 Å². The SMILES string of the molecule is COc1ccc([C@H]2Nc3c(ccc(Cl)c3Cl)[C@@H]3C=CC[C@@H]23)cc1[N+](=O)[O-]. The molecule has 1 aliphatic carbocycles. The number of benzene rings is 2. The lowest BCUT2D eigenvalue weighted by atomic mass is 9.77. The molecule has 2 aliphatic rings. The van der Waals surface area contributed by atoms with Gasteiger partial charge in [0.25, 0.3) is 0 Å². The largest absolute Gasteiger partial charge is 0.490 e. The number of nitrogens with zero attached hydrogens (tertiary/aromatic N) is 1. The van der Waals surface area contributed by atoms with Crippen molar-refractivity contribution in [2.45, 2.75) is 18.4 Å². The van der Waals surface area contributed by atoms with Gasteiger partial charge >= 0.3 is 5.69 Å². The summed E-state index contributed by atoms with van der Waals surface area (Å²) in [6, 6.07) is 8.78. The van der Waals surface area contributed by atoms with Crippen LogP contribution in [0.25, 0.3) is 0 Å². The van der Waals surface area contributed by atoms with Gasteiger partial charge in [-0.1, -0.05) is 47.5 Å². The molecule has 0 unspecified atom stereocenters. The summed E-state index contributed by atoms with van der Waals surface area (Å²) in [5.41, 5.74) is 2.70. The lowest BCUT2D eigenvalue weighted by Gasteiger charge is -2.38. The van der Waals surface area contributed by atoms with E-state index in [2.05, 4.69) is 17.5 Å². The predicted octanol–water partition coefficient (Wildman–Crippen LogP) is 5.74. The second-order valence-corrected chi connectivity index (χ2v) is 7.27. The molecule has 7 heteroatoms. The van der Waals surface area contributed by atoms with E-state index in [-0.39, 0.29) is 29.3 Å². The Morgan fingerprint density at radius 2 is 2.08 bits per heavy atom. The molecule has 0 fully saturated rings. The third-order valence-corrected chi connectivity index (χ3v) is 5.99. The molecule has 1 aliphatic heterocycles. The van der Waals surface area contributed by atoms with Crippen molar-refractivity contribution in [2.75, 3.05) is 12.4 Å². The molecule has 5 nitrogen and oxygen atoms in total. The zero-order valence-corrected chi connectivity index (χ0v) is 15.4. The average molecular weight is 391 g/mol. The molecule has 2 aromatic carbocycles. The van der Waals surface area contributed by atoms with E-state index in [4.69, 9.17) is 27.9 Å². The Kier molecular flexibility index (Phi) is 4.29. The number of allylic oxidation sites excluding steroid dienone is 2. The van der Waals surface area contributed by atoms with Gasteiger partial charge in [0.05, 0.1) is 33.8 Å². The van der Waals surface area contributed by atoms with Crippen molar-refractivity contribution < 1.29 is 9.66 Å². The summed E-state index contributed by atoms with van der Waals surface area (Å²) < 4.78 is 5.11. The minimum Gasteiger partial charge on any atom is -0.490 e. The molecule has 1 heterocycles. The Morgan fingerprint density at radius 3 is 2.81 bits per heavy atom. The summed E-state index contributed by atoms with van der Waals surface area (Å²) in [6.07, 6.45) is 5.22. The predicted molar refractivity (Wildman–Crippen MR) is 102 cm³/mol. The van der Waals surface area contributed by atoms with Crippen molar-refractivity contribution in [3.63, 3.8) is 0 Å². The summed E-state index contributed by atoms with van der Waals surface area (Å²) in [6.45, 7) is 0. The Labute approximate surface area is 160 Å². The molecule has 0 bridgehead atoms. The van der Waals surface area contributed by atoms with Gasteiger partial charge < -0.3 is 10.1 Å². The van der Waals surface area contributed by atoms with Gasteiger partial charge in [-0.15, -0.1) is 0 Å². The number of halogens is 2. The monoisotopic (exact) mass is 390 g/mol. The van der Waals surface area contributed by atoms with Gasteiger partial charge in [0.15, 0.2) is 5.75 Å². The quantitative estimate of drug-likeness (QED) is 0.412. The van der Waals surface area contributed by atoms with Crippen LogP contribution in [-0.2, 0) is 0 Å². The maximum absolute atomic E-state index is 11.4. The normalized spacial score (nSPS) is 23.1. The fraction of sp³-hybridized carbons (Fsp3) is 0.263. The Balaban J connectivity index is 1.82. The lowest BCUT2D eigenvalue weighted by Crippen LogP contribution is -2.29. The highest BCUT2D eigenvalue weighted by Gasteiger charge is 2.39. The molecule has 26 heavy (non-hydrogen) atoms. The van der Waals surface area contributed by atoms with Gasteiger partial charge in [-0.05, 0) is 35.6 Å². The topological polar surface area (TPSA) is 64.4 Å². The van der Waals surface area contributed by atoms with Crippen LogP contribution in [0.15, 0.2) is 42.5 Å². The van der Waals surface area contributed by atoms with Crippen molar-refractivity contribution in [2.24, 2.45) is 5.92 Å². The van der Waals surface area contributed by atoms with E-state index >= 15 is 0 Å². The number of hydrogen-bond acceptors (Lipinski definition) is 4. The number of hydrogen-bond donors (Lipinski definition) is 1. The number of nitrogens with one attached hydrogen (secondary N) is 1. The fourth-order valence-electron chi connectivity index (χ4n) is 3.98. The molecule has 0 amide bonds. The van der Waals surface area contributed by atoms with E-state index in [9.17, 15) is 10.1 Å². The van der Waals surface area contributed by atoms with Crippen molar-refractivity contribution in [3.05, 3.63) is 73.8 Å². The molecule has 0 radical (unpaired) electrons. The zero-order chi connectivity index (χ0) is 18.4. The molecule has 134 valence electrons. The molecule has 0 saturated carbocycles. The van der Waals surface area contributed by atoms with E-state index < -0.39 is 4.92 Å². The standard InChI is InChI=1S/C19H16Cl2N2O3/c1-26-16-8-5-10(9-15(16)23(24)25)18-12-4-2-3-11(12)13-6-7-14(20)17(21)19(13)22-18/h2-3,5-9,11-12,18,22H,4H2,1H3/t11-,12-,18-/m1/s1. The number of nitro groups is 1. The van der Waals surface area contributed by atoms with Gasteiger partial charge in [-0.25, -0.2) is 0 Å². The van der Waals surface area contributed by atoms with E-state index in [1.807, 2.05) is 18.2 Å². The highest BCUT2D eigenvalue weighted by molar-refractivity contribution is 6.43. The first kappa shape index (κ1) is 17.2. The van der Waals surface area contributed by atoms with Crippen LogP contribution in [0.1, 0.15) is 29.5 Å². The van der Waals surface area contributed by atoms with Gasteiger partial charge in [0.2, 0.25) is 0 Å². The molecule has 0 saturated heterocycles. The van der Waals surface area contributed by atoms with Gasteiger partial charge in [0, 0.05) is 12.0 Å². The molecule has 3 atom stereocenters. The van der Waals surface area contributed by atoms with Crippen LogP contribution in [-0.4, -0.2) is 12.0 Å². The van der Waals surface area contributed by atoms with Gasteiger partial charge in [0.1, 0.15) is 0 Å². The molecular formula is C19H16Cl2N2O3. The van der Waals surface area contributed by atoms with Crippen LogP contribution >= 0.6 is 23.2 Å². The van der Waals surface area contributed by atoms with Crippen LogP contribution in [0, 0.1) is 16.0 Å². The van der Waals surface area contributed by atoms with Crippen molar-refractivity contribution >= 4 is 34.6 Å². The number of anilines is 1. The molecule has 4 rings (SSSR count). The third-order valence-electron chi connectivity index (χ3n) is 5.19. The summed E-state index contributed by atoms with van der Waals surface area (Å²) in [4.78, 5) is 11.0. The molecule has 0 spiro atoms. The summed E-state index contributed by atoms with van der Waals surface area (Å²) in [5.74, 6) is 0.706. The maximum atomic E-state index is 11.4. The maximum Gasteiger partial charge on any atom is 0.311 e. The van der Waals surface area contributed by atoms with E-state index in [0.29, 0.717) is 10.0 Å². The molecule has 2 aromatic rings. The van der Waals surface area contributed by atoms with Crippen molar-refractivity contribution in [1.82, 2.24) is 0 Å². The van der Waals surface area contributed by atoms with Crippen LogP contribution in [0.4, 0.5) is 11.4 Å². The Hall–Kier alpha value is -2.24. The van der Waals surface area contributed by atoms with Crippen molar-refractivity contribution in [1.29, 1.82) is 0 Å². The number of nitro benzene ring substituents is 1. The second-order valence-electron chi connectivity index (χ2n) is 6.49. The highest BCUT2D eigenvalue weighted by atomic mass is 35.5. The summed E-state index contributed by atoms with van der Waals surface area (Å²) >= 11 is 12.6. The number of ether oxygens (including phenoxy) is 1. The molecular weight excluding hydrogens is 375 g/mol. The molecule has 1 N–H and O–H groups in total. The summed E-state index contributed by atoms with van der Waals surface area (Å²) in [5, 5.41) is 15.8. The van der Waals surface area contributed by atoms with Gasteiger partial charge in [-0.3, -0.25) is 10.1 Å². The first-order valence-electron chi connectivity index (χ1n) is 8.24. The zero-order valence-electron chi connectivity index (χ0n) is 13.9. The third kappa shape index (κ3) is 2.63. The van der Waals surface area contributed by atoms with E-state index in [0.717, 1.165) is 23.2 Å². The number of rotatable bonds is 3. The van der Waals surface area contributed by atoms with Crippen LogP contribution in [0.2, 0.25) is 10.0 Å². The van der Waals surface area contributed by atoms with Crippen LogP contribution < -0.4 is 10.1 Å². The number of fused-ring (bicyclic) bond motifs is 3. The Morgan fingerprint density at radius 1 is 1.27 bits per heavy atom. The Bertz CT molecular complexity index is 929. The average Bonchev–Trinajstić information content (AvgIpc) is 3.13. The fourth-order valence-corrected chi connectivity index (χ4v) is 4.36. The van der Waals surface area contributed by atoms with Crippen LogP contribution in [0.5, 0.6) is 5.75 Å².